The van der Waals surface area contributed by atoms with Crippen molar-refractivity contribution < 1.29 is 9.47 Å². The highest BCUT2D eigenvalue weighted by Gasteiger charge is 2.40. The van der Waals surface area contributed by atoms with Gasteiger partial charge < -0.3 is 15.2 Å². The monoisotopic (exact) mass is 265 g/mol. The molecule has 106 valence electrons. The van der Waals surface area contributed by atoms with Gasteiger partial charge in [-0.1, -0.05) is 20.3 Å². The third kappa shape index (κ3) is 2.66. The fourth-order valence-corrected chi connectivity index (χ4v) is 3.05. The third-order valence-electron chi connectivity index (χ3n) is 4.24. The first-order chi connectivity index (χ1) is 8.99. The molecule has 2 rings (SSSR count). The summed E-state index contributed by atoms with van der Waals surface area (Å²) < 4.78 is 10.4. The van der Waals surface area contributed by atoms with E-state index in [1.54, 1.807) is 20.4 Å². The number of aromatic nitrogens is 2. The molecule has 0 aliphatic heterocycles. The first kappa shape index (κ1) is 14.1. The lowest BCUT2D eigenvalue weighted by Crippen LogP contribution is -2.30. The summed E-state index contributed by atoms with van der Waals surface area (Å²) >= 11 is 0. The van der Waals surface area contributed by atoms with Crippen molar-refractivity contribution in [3.8, 4) is 11.8 Å². The summed E-state index contributed by atoms with van der Waals surface area (Å²) in [4.78, 5) is 8.66. The number of nitrogens with two attached hydrogens (primary N) is 1. The van der Waals surface area contributed by atoms with Gasteiger partial charge in [-0.3, -0.25) is 0 Å². The SMILES string of the molecule is COc1cnc(C(N)C2CCCC2(C)C)c(OC)n1. The number of hydrogen-bond acceptors (Lipinski definition) is 5. The Hall–Kier alpha value is -1.36. The highest BCUT2D eigenvalue weighted by atomic mass is 16.5. The summed E-state index contributed by atoms with van der Waals surface area (Å²) in [6.07, 6.45) is 5.15. The molecule has 0 bridgehead atoms. The Morgan fingerprint density at radius 2 is 2.11 bits per heavy atom. The molecule has 1 saturated carbocycles. The molecule has 1 aromatic rings. The molecule has 5 nitrogen and oxygen atoms in total. The van der Waals surface area contributed by atoms with Crippen molar-refractivity contribution in [2.24, 2.45) is 17.1 Å². The summed E-state index contributed by atoms with van der Waals surface area (Å²) in [6.45, 7) is 4.54. The van der Waals surface area contributed by atoms with E-state index in [4.69, 9.17) is 15.2 Å². The van der Waals surface area contributed by atoms with Crippen LogP contribution in [0.15, 0.2) is 6.20 Å². The summed E-state index contributed by atoms with van der Waals surface area (Å²) in [5.74, 6) is 1.32. The molecule has 0 aromatic carbocycles. The molecule has 19 heavy (non-hydrogen) atoms. The zero-order valence-corrected chi connectivity index (χ0v) is 12.1. The van der Waals surface area contributed by atoms with E-state index in [1.807, 2.05) is 0 Å². The zero-order chi connectivity index (χ0) is 14.0. The van der Waals surface area contributed by atoms with Crippen molar-refractivity contribution >= 4 is 0 Å². The third-order valence-corrected chi connectivity index (χ3v) is 4.24. The first-order valence-electron chi connectivity index (χ1n) is 6.70. The van der Waals surface area contributed by atoms with Gasteiger partial charge in [0, 0.05) is 0 Å². The van der Waals surface area contributed by atoms with Gasteiger partial charge in [-0.25, -0.2) is 4.98 Å². The van der Waals surface area contributed by atoms with E-state index in [1.165, 1.54) is 12.8 Å². The summed E-state index contributed by atoms with van der Waals surface area (Å²) in [5.41, 5.74) is 7.39. The lowest BCUT2D eigenvalue weighted by molar-refractivity contribution is 0.215. The normalized spacial score (nSPS) is 23.1. The molecule has 1 aliphatic rings. The predicted molar refractivity (Wildman–Crippen MR) is 73.2 cm³/mol. The molecule has 2 N–H and O–H groups in total. The van der Waals surface area contributed by atoms with E-state index in [0.29, 0.717) is 17.7 Å². The molecule has 0 saturated heterocycles. The highest BCUT2D eigenvalue weighted by Crippen LogP contribution is 2.48. The van der Waals surface area contributed by atoms with Crippen LogP contribution in [0.2, 0.25) is 0 Å². The average molecular weight is 265 g/mol. The summed E-state index contributed by atoms with van der Waals surface area (Å²) in [7, 11) is 3.14. The lowest BCUT2D eigenvalue weighted by atomic mass is 9.77. The Kier molecular flexibility index (Phi) is 3.94. The van der Waals surface area contributed by atoms with Crippen molar-refractivity contribution in [1.82, 2.24) is 9.97 Å². The van der Waals surface area contributed by atoms with Gasteiger partial charge in [0.05, 0.1) is 26.5 Å². The van der Waals surface area contributed by atoms with Crippen LogP contribution in [0.3, 0.4) is 0 Å². The van der Waals surface area contributed by atoms with E-state index in [0.717, 1.165) is 12.1 Å². The van der Waals surface area contributed by atoms with Crippen LogP contribution in [0.25, 0.3) is 0 Å². The number of nitrogens with zero attached hydrogens (tertiary/aromatic N) is 2. The second-order valence-corrected chi connectivity index (χ2v) is 5.82. The van der Waals surface area contributed by atoms with Crippen LogP contribution in [0.5, 0.6) is 11.8 Å². The highest BCUT2D eigenvalue weighted by molar-refractivity contribution is 5.26. The molecule has 2 atom stereocenters. The molecule has 1 aliphatic carbocycles. The van der Waals surface area contributed by atoms with Gasteiger partial charge in [0.25, 0.3) is 0 Å². The second-order valence-electron chi connectivity index (χ2n) is 5.82. The maximum Gasteiger partial charge on any atom is 0.240 e. The Balaban J connectivity index is 2.30. The molecule has 1 heterocycles. The van der Waals surface area contributed by atoms with E-state index >= 15 is 0 Å². The average Bonchev–Trinajstić information content (AvgIpc) is 2.76. The van der Waals surface area contributed by atoms with E-state index in [9.17, 15) is 0 Å². The van der Waals surface area contributed by atoms with Crippen LogP contribution in [-0.4, -0.2) is 24.2 Å². The van der Waals surface area contributed by atoms with Gasteiger partial charge >= 0.3 is 0 Å². The topological polar surface area (TPSA) is 70.3 Å². The predicted octanol–water partition coefficient (Wildman–Crippen LogP) is 2.32. The van der Waals surface area contributed by atoms with Crippen LogP contribution in [-0.2, 0) is 0 Å². The minimum atomic E-state index is -0.147. The maximum absolute atomic E-state index is 6.42. The van der Waals surface area contributed by atoms with Gasteiger partial charge in [-0.2, -0.15) is 4.98 Å². The molecule has 1 fully saturated rings. The Morgan fingerprint density at radius 3 is 2.63 bits per heavy atom. The Morgan fingerprint density at radius 1 is 1.37 bits per heavy atom. The van der Waals surface area contributed by atoms with Crippen molar-refractivity contribution in [3.05, 3.63) is 11.9 Å². The van der Waals surface area contributed by atoms with Gasteiger partial charge in [-0.15, -0.1) is 0 Å². The standard InChI is InChI=1S/C14H23N3O2/c1-14(2)7-5-6-9(14)11(15)12-13(19-4)17-10(18-3)8-16-12/h8-9,11H,5-7,15H2,1-4H3. The van der Waals surface area contributed by atoms with Crippen LogP contribution in [0.1, 0.15) is 44.8 Å². The van der Waals surface area contributed by atoms with Gasteiger partial charge in [0.1, 0.15) is 5.69 Å². The number of hydrogen-bond donors (Lipinski definition) is 1. The van der Waals surface area contributed by atoms with Crippen molar-refractivity contribution in [2.75, 3.05) is 14.2 Å². The lowest BCUT2D eigenvalue weighted by Gasteiger charge is -2.31. The number of ether oxygens (including phenoxy) is 2. The van der Waals surface area contributed by atoms with Crippen LogP contribution < -0.4 is 15.2 Å². The second kappa shape index (κ2) is 5.33. The van der Waals surface area contributed by atoms with Gasteiger partial charge in [-0.05, 0) is 24.2 Å². The van der Waals surface area contributed by atoms with Crippen molar-refractivity contribution in [3.63, 3.8) is 0 Å². The van der Waals surface area contributed by atoms with Crippen LogP contribution >= 0.6 is 0 Å². The molecule has 0 spiro atoms. The van der Waals surface area contributed by atoms with Gasteiger partial charge in [0.2, 0.25) is 11.8 Å². The molecular formula is C14H23N3O2. The largest absolute Gasteiger partial charge is 0.480 e. The minimum absolute atomic E-state index is 0.147. The van der Waals surface area contributed by atoms with Crippen LogP contribution in [0.4, 0.5) is 0 Å². The molecular weight excluding hydrogens is 242 g/mol. The fourth-order valence-electron chi connectivity index (χ4n) is 3.05. The molecule has 0 radical (unpaired) electrons. The number of methoxy groups -OCH3 is 2. The molecule has 0 amide bonds. The Bertz CT molecular complexity index is 448. The van der Waals surface area contributed by atoms with Gasteiger partial charge in [0.15, 0.2) is 0 Å². The smallest absolute Gasteiger partial charge is 0.240 e. The van der Waals surface area contributed by atoms with E-state index in [2.05, 4.69) is 23.8 Å². The van der Waals surface area contributed by atoms with Crippen molar-refractivity contribution in [2.45, 2.75) is 39.2 Å². The molecule has 1 aromatic heterocycles. The molecule has 5 heteroatoms. The molecule has 2 unspecified atom stereocenters. The minimum Gasteiger partial charge on any atom is -0.480 e. The number of rotatable bonds is 4. The van der Waals surface area contributed by atoms with Crippen LogP contribution in [0, 0.1) is 11.3 Å². The Labute approximate surface area is 114 Å². The van der Waals surface area contributed by atoms with E-state index in [-0.39, 0.29) is 11.5 Å². The maximum atomic E-state index is 6.42. The summed E-state index contributed by atoms with van der Waals surface area (Å²) in [6, 6.07) is -0.147. The van der Waals surface area contributed by atoms with E-state index < -0.39 is 0 Å². The fraction of sp³-hybridized carbons (Fsp3) is 0.714. The first-order valence-corrected chi connectivity index (χ1v) is 6.70. The zero-order valence-electron chi connectivity index (χ0n) is 12.1. The quantitative estimate of drug-likeness (QED) is 0.904. The summed E-state index contributed by atoms with van der Waals surface area (Å²) in [5, 5.41) is 0. The van der Waals surface area contributed by atoms with Crippen molar-refractivity contribution in [1.29, 1.82) is 0 Å².